The Balaban J connectivity index is 1.94. The van der Waals surface area contributed by atoms with E-state index in [9.17, 15) is 9.18 Å². The van der Waals surface area contributed by atoms with Gasteiger partial charge in [-0.2, -0.15) is 0 Å². The number of rotatable bonds is 5. The molecule has 0 unspecified atom stereocenters. The molecule has 0 atom stereocenters. The Morgan fingerprint density at radius 1 is 1.14 bits per heavy atom. The van der Waals surface area contributed by atoms with Crippen molar-refractivity contribution < 1.29 is 9.18 Å². The molecule has 1 amide bonds. The fourth-order valence-corrected chi connectivity index (χ4v) is 2.13. The molecule has 3 nitrogen and oxygen atoms in total. The van der Waals surface area contributed by atoms with E-state index >= 15 is 0 Å². The summed E-state index contributed by atoms with van der Waals surface area (Å²) in [6.07, 6.45) is 0.673. The standard InChI is InChI=1S/C17H19FN2O/c1-12-3-8-15(16(11-12)19-2)17(21)20-10-9-13-4-6-14(18)7-5-13/h3-8,11,19H,9-10H2,1-2H3,(H,20,21). The van der Waals surface area contributed by atoms with Crippen molar-refractivity contribution in [1.29, 1.82) is 0 Å². The second-order valence-electron chi connectivity index (χ2n) is 4.93. The van der Waals surface area contributed by atoms with Crippen LogP contribution >= 0.6 is 0 Å². The Morgan fingerprint density at radius 2 is 1.86 bits per heavy atom. The van der Waals surface area contributed by atoms with Crippen LogP contribution in [0.4, 0.5) is 10.1 Å². The van der Waals surface area contributed by atoms with Gasteiger partial charge >= 0.3 is 0 Å². The molecule has 0 saturated heterocycles. The Kier molecular flexibility index (Phi) is 4.93. The molecule has 2 aromatic rings. The number of carbonyl (C=O) groups excluding carboxylic acids is 1. The molecular formula is C17H19FN2O. The number of hydrogen-bond donors (Lipinski definition) is 2. The molecule has 0 heterocycles. The number of aryl methyl sites for hydroxylation is 1. The number of anilines is 1. The SMILES string of the molecule is CNc1cc(C)ccc1C(=O)NCCc1ccc(F)cc1. The predicted molar refractivity (Wildman–Crippen MR) is 83.2 cm³/mol. The summed E-state index contributed by atoms with van der Waals surface area (Å²) in [6.45, 7) is 2.50. The van der Waals surface area contributed by atoms with Gasteiger partial charge < -0.3 is 10.6 Å². The lowest BCUT2D eigenvalue weighted by Gasteiger charge is -2.10. The van der Waals surface area contributed by atoms with E-state index in [1.54, 1.807) is 19.2 Å². The molecule has 0 aliphatic heterocycles. The van der Waals surface area contributed by atoms with Crippen molar-refractivity contribution in [3.8, 4) is 0 Å². The van der Waals surface area contributed by atoms with Crippen LogP contribution in [0.1, 0.15) is 21.5 Å². The van der Waals surface area contributed by atoms with Crippen LogP contribution in [0.3, 0.4) is 0 Å². The molecule has 0 aliphatic carbocycles. The topological polar surface area (TPSA) is 41.1 Å². The molecule has 0 radical (unpaired) electrons. The van der Waals surface area contributed by atoms with Gasteiger partial charge in [0, 0.05) is 19.3 Å². The number of carbonyl (C=O) groups is 1. The maximum absolute atomic E-state index is 12.8. The third kappa shape index (κ3) is 4.05. The Morgan fingerprint density at radius 3 is 2.52 bits per heavy atom. The van der Waals surface area contributed by atoms with E-state index < -0.39 is 0 Å². The summed E-state index contributed by atoms with van der Waals surface area (Å²) in [5.41, 5.74) is 3.54. The second kappa shape index (κ2) is 6.88. The molecule has 21 heavy (non-hydrogen) atoms. The fourth-order valence-electron chi connectivity index (χ4n) is 2.13. The first-order chi connectivity index (χ1) is 10.1. The molecule has 0 bridgehead atoms. The first-order valence-electron chi connectivity index (χ1n) is 6.91. The minimum atomic E-state index is -0.249. The monoisotopic (exact) mass is 286 g/mol. The zero-order valence-corrected chi connectivity index (χ0v) is 12.2. The van der Waals surface area contributed by atoms with Crippen molar-refractivity contribution in [3.63, 3.8) is 0 Å². The molecule has 0 saturated carbocycles. The first kappa shape index (κ1) is 15.0. The fraction of sp³-hybridized carbons (Fsp3) is 0.235. The van der Waals surface area contributed by atoms with Crippen molar-refractivity contribution in [1.82, 2.24) is 5.32 Å². The minimum Gasteiger partial charge on any atom is -0.387 e. The van der Waals surface area contributed by atoms with Gasteiger partial charge in [0.1, 0.15) is 5.82 Å². The number of amides is 1. The van der Waals surface area contributed by atoms with E-state index in [0.717, 1.165) is 16.8 Å². The normalized spacial score (nSPS) is 10.2. The highest BCUT2D eigenvalue weighted by atomic mass is 19.1. The highest BCUT2D eigenvalue weighted by Crippen LogP contribution is 2.16. The second-order valence-corrected chi connectivity index (χ2v) is 4.93. The minimum absolute atomic E-state index is 0.110. The van der Waals surface area contributed by atoms with E-state index in [-0.39, 0.29) is 11.7 Å². The van der Waals surface area contributed by atoms with Gasteiger partial charge in [-0.3, -0.25) is 4.79 Å². The van der Waals surface area contributed by atoms with Gasteiger partial charge in [-0.05, 0) is 48.7 Å². The van der Waals surface area contributed by atoms with Crippen molar-refractivity contribution >= 4 is 11.6 Å². The van der Waals surface area contributed by atoms with Gasteiger partial charge in [-0.1, -0.05) is 18.2 Å². The molecular weight excluding hydrogens is 267 g/mol. The number of benzene rings is 2. The van der Waals surface area contributed by atoms with Crippen molar-refractivity contribution in [2.24, 2.45) is 0 Å². The Bertz CT molecular complexity index is 623. The highest BCUT2D eigenvalue weighted by molar-refractivity contribution is 5.99. The average molecular weight is 286 g/mol. The summed E-state index contributed by atoms with van der Waals surface area (Å²) in [5, 5.41) is 5.91. The van der Waals surface area contributed by atoms with Gasteiger partial charge in [-0.25, -0.2) is 4.39 Å². The van der Waals surface area contributed by atoms with E-state index in [2.05, 4.69) is 10.6 Å². The summed E-state index contributed by atoms with van der Waals surface area (Å²) in [5.74, 6) is -0.359. The number of nitrogens with one attached hydrogen (secondary N) is 2. The Labute approximate surface area is 124 Å². The van der Waals surface area contributed by atoms with Crippen LogP contribution in [0, 0.1) is 12.7 Å². The zero-order valence-electron chi connectivity index (χ0n) is 12.2. The molecule has 2 rings (SSSR count). The van der Waals surface area contributed by atoms with Crippen LogP contribution in [-0.4, -0.2) is 19.5 Å². The summed E-state index contributed by atoms with van der Waals surface area (Å²) in [6, 6.07) is 12.0. The molecule has 0 aromatic heterocycles. The molecule has 2 N–H and O–H groups in total. The zero-order chi connectivity index (χ0) is 15.2. The molecule has 2 aromatic carbocycles. The lowest BCUT2D eigenvalue weighted by Crippen LogP contribution is -2.26. The van der Waals surface area contributed by atoms with Crippen LogP contribution in [-0.2, 0) is 6.42 Å². The molecule has 0 spiro atoms. The third-order valence-corrected chi connectivity index (χ3v) is 3.30. The summed E-state index contributed by atoms with van der Waals surface area (Å²) in [4.78, 5) is 12.2. The molecule has 0 fully saturated rings. The van der Waals surface area contributed by atoms with Crippen LogP contribution in [0.25, 0.3) is 0 Å². The Hall–Kier alpha value is -2.36. The van der Waals surface area contributed by atoms with Crippen LogP contribution in [0.15, 0.2) is 42.5 Å². The van der Waals surface area contributed by atoms with Crippen LogP contribution in [0.2, 0.25) is 0 Å². The predicted octanol–water partition coefficient (Wildman–Crippen LogP) is 3.15. The van der Waals surface area contributed by atoms with Gasteiger partial charge in [0.25, 0.3) is 5.91 Å². The molecule has 110 valence electrons. The van der Waals surface area contributed by atoms with Gasteiger partial charge in [0.15, 0.2) is 0 Å². The first-order valence-corrected chi connectivity index (χ1v) is 6.91. The van der Waals surface area contributed by atoms with Crippen LogP contribution < -0.4 is 10.6 Å². The van der Waals surface area contributed by atoms with E-state index in [0.29, 0.717) is 18.5 Å². The van der Waals surface area contributed by atoms with Gasteiger partial charge in [-0.15, -0.1) is 0 Å². The van der Waals surface area contributed by atoms with Crippen molar-refractivity contribution in [2.45, 2.75) is 13.3 Å². The summed E-state index contributed by atoms with van der Waals surface area (Å²) >= 11 is 0. The summed E-state index contributed by atoms with van der Waals surface area (Å²) in [7, 11) is 1.80. The lowest BCUT2D eigenvalue weighted by atomic mass is 10.1. The quantitative estimate of drug-likeness (QED) is 0.886. The molecule has 4 heteroatoms. The number of halogens is 1. The van der Waals surface area contributed by atoms with Crippen molar-refractivity contribution in [3.05, 3.63) is 65.0 Å². The smallest absolute Gasteiger partial charge is 0.253 e. The van der Waals surface area contributed by atoms with Crippen LogP contribution in [0.5, 0.6) is 0 Å². The summed E-state index contributed by atoms with van der Waals surface area (Å²) < 4.78 is 12.8. The number of hydrogen-bond acceptors (Lipinski definition) is 2. The lowest BCUT2D eigenvalue weighted by molar-refractivity contribution is 0.0955. The van der Waals surface area contributed by atoms with E-state index in [1.165, 1.54) is 12.1 Å². The maximum atomic E-state index is 12.8. The molecule has 0 aliphatic rings. The van der Waals surface area contributed by atoms with Crippen molar-refractivity contribution in [2.75, 3.05) is 18.9 Å². The maximum Gasteiger partial charge on any atom is 0.253 e. The van der Waals surface area contributed by atoms with Gasteiger partial charge in [0.05, 0.1) is 5.56 Å². The van der Waals surface area contributed by atoms with Gasteiger partial charge in [0.2, 0.25) is 0 Å². The third-order valence-electron chi connectivity index (χ3n) is 3.30. The van der Waals surface area contributed by atoms with E-state index in [1.807, 2.05) is 25.1 Å². The van der Waals surface area contributed by atoms with E-state index in [4.69, 9.17) is 0 Å². The highest BCUT2D eigenvalue weighted by Gasteiger charge is 2.10. The average Bonchev–Trinajstić information content (AvgIpc) is 2.49. The largest absolute Gasteiger partial charge is 0.387 e.